The summed E-state index contributed by atoms with van der Waals surface area (Å²) < 4.78 is 10.8. The molecular formula is C22H37N5O3. The molecule has 8 nitrogen and oxygen atoms in total. The molecule has 0 atom stereocenters. The predicted molar refractivity (Wildman–Crippen MR) is 120 cm³/mol. The Kier molecular flexibility index (Phi) is 9.39. The topological polar surface area (TPSA) is 78.4 Å². The standard InChI is InChI=1S/C22H37N5O3/c1-22(2,3)30-21(28)26(5)11-10-24-20(23-4)25-16-18-8-6-7-9-19(18)17-27-12-14-29-15-13-27/h6-9H,10-17H2,1-5H3,(H2,23,24,25). The molecule has 0 bridgehead atoms. The minimum absolute atomic E-state index is 0.329. The number of hydrogen-bond donors (Lipinski definition) is 2. The molecule has 0 radical (unpaired) electrons. The van der Waals surface area contributed by atoms with E-state index in [-0.39, 0.29) is 6.09 Å². The van der Waals surface area contributed by atoms with Gasteiger partial charge in [-0.3, -0.25) is 9.89 Å². The van der Waals surface area contributed by atoms with Crippen LogP contribution in [0.25, 0.3) is 0 Å². The van der Waals surface area contributed by atoms with Crippen LogP contribution < -0.4 is 10.6 Å². The number of likely N-dealkylation sites (N-methyl/N-ethyl adjacent to an activating group) is 1. The first-order valence-electron chi connectivity index (χ1n) is 10.5. The fraction of sp³-hybridized carbons (Fsp3) is 0.636. The van der Waals surface area contributed by atoms with Gasteiger partial charge in [0.25, 0.3) is 0 Å². The van der Waals surface area contributed by atoms with Gasteiger partial charge in [-0.05, 0) is 31.9 Å². The molecule has 0 unspecified atom stereocenters. The number of benzene rings is 1. The lowest BCUT2D eigenvalue weighted by Gasteiger charge is -2.27. The van der Waals surface area contributed by atoms with Crippen molar-refractivity contribution >= 4 is 12.1 Å². The Morgan fingerprint density at radius 2 is 1.87 bits per heavy atom. The smallest absolute Gasteiger partial charge is 0.410 e. The third kappa shape index (κ3) is 8.59. The molecule has 8 heteroatoms. The minimum atomic E-state index is -0.495. The van der Waals surface area contributed by atoms with Crippen LogP contribution in [0.5, 0.6) is 0 Å². The second kappa shape index (κ2) is 11.8. The van der Waals surface area contributed by atoms with Gasteiger partial charge in [0.2, 0.25) is 0 Å². The summed E-state index contributed by atoms with van der Waals surface area (Å²) in [6.45, 7) is 11.8. The van der Waals surface area contributed by atoms with Crippen LogP contribution in [0.2, 0.25) is 0 Å². The van der Waals surface area contributed by atoms with Crippen LogP contribution in [0.1, 0.15) is 31.9 Å². The lowest BCUT2D eigenvalue weighted by Crippen LogP contribution is -2.43. The Morgan fingerprint density at radius 1 is 1.20 bits per heavy atom. The van der Waals surface area contributed by atoms with Crippen molar-refractivity contribution in [1.82, 2.24) is 20.4 Å². The van der Waals surface area contributed by atoms with Gasteiger partial charge in [-0.2, -0.15) is 0 Å². The van der Waals surface area contributed by atoms with E-state index in [1.807, 2.05) is 20.8 Å². The summed E-state index contributed by atoms with van der Waals surface area (Å²) in [6, 6.07) is 8.47. The van der Waals surface area contributed by atoms with Crippen molar-refractivity contribution in [3.63, 3.8) is 0 Å². The molecule has 1 saturated heterocycles. The van der Waals surface area contributed by atoms with Crippen LogP contribution >= 0.6 is 0 Å². The monoisotopic (exact) mass is 419 g/mol. The number of guanidine groups is 1. The highest BCUT2D eigenvalue weighted by Crippen LogP contribution is 2.13. The molecule has 2 rings (SSSR count). The Balaban J connectivity index is 1.79. The van der Waals surface area contributed by atoms with Gasteiger partial charge in [-0.15, -0.1) is 0 Å². The van der Waals surface area contributed by atoms with E-state index >= 15 is 0 Å². The van der Waals surface area contributed by atoms with Gasteiger partial charge in [0.1, 0.15) is 5.60 Å². The van der Waals surface area contributed by atoms with Crippen molar-refractivity contribution in [3.05, 3.63) is 35.4 Å². The average Bonchev–Trinajstić information content (AvgIpc) is 2.71. The number of ether oxygens (including phenoxy) is 2. The lowest BCUT2D eigenvalue weighted by molar-refractivity contribution is 0.0302. The highest BCUT2D eigenvalue weighted by molar-refractivity contribution is 5.79. The van der Waals surface area contributed by atoms with E-state index in [4.69, 9.17) is 9.47 Å². The van der Waals surface area contributed by atoms with Crippen molar-refractivity contribution in [1.29, 1.82) is 0 Å². The van der Waals surface area contributed by atoms with E-state index in [0.717, 1.165) is 32.8 Å². The van der Waals surface area contributed by atoms with Gasteiger partial charge < -0.3 is 25.0 Å². The lowest BCUT2D eigenvalue weighted by atomic mass is 10.1. The van der Waals surface area contributed by atoms with E-state index < -0.39 is 5.60 Å². The number of carbonyl (C=O) groups is 1. The maximum Gasteiger partial charge on any atom is 0.410 e. The fourth-order valence-electron chi connectivity index (χ4n) is 3.06. The summed E-state index contributed by atoms with van der Waals surface area (Å²) in [6.07, 6.45) is -0.329. The number of morpholine rings is 1. The maximum absolute atomic E-state index is 12.0. The zero-order chi connectivity index (χ0) is 22.0. The van der Waals surface area contributed by atoms with Crippen molar-refractivity contribution in [3.8, 4) is 0 Å². The van der Waals surface area contributed by atoms with Crippen LogP contribution in [0, 0.1) is 0 Å². The Labute approximate surface area is 180 Å². The molecule has 2 N–H and O–H groups in total. The van der Waals surface area contributed by atoms with Crippen LogP contribution in [0.4, 0.5) is 4.79 Å². The van der Waals surface area contributed by atoms with E-state index in [1.54, 1.807) is 19.0 Å². The summed E-state index contributed by atoms with van der Waals surface area (Å²) in [4.78, 5) is 20.3. The van der Waals surface area contributed by atoms with Crippen LogP contribution in [0.15, 0.2) is 29.3 Å². The molecule has 0 aromatic heterocycles. The quantitative estimate of drug-likeness (QED) is 0.520. The summed E-state index contributed by atoms with van der Waals surface area (Å²) in [5.41, 5.74) is 2.06. The van der Waals surface area contributed by atoms with E-state index in [2.05, 4.69) is 44.8 Å². The Hall–Kier alpha value is -2.32. The summed E-state index contributed by atoms with van der Waals surface area (Å²) in [5, 5.41) is 6.62. The predicted octanol–water partition coefficient (Wildman–Crippen LogP) is 2.05. The summed E-state index contributed by atoms with van der Waals surface area (Å²) >= 11 is 0. The van der Waals surface area contributed by atoms with Gasteiger partial charge >= 0.3 is 6.09 Å². The molecule has 0 aliphatic carbocycles. The highest BCUT2D eigenvalue weighted by atomic mass is 16.6. The third-order valence-corrected chi connectivity index (χ3v) is 4.73. The van der Waals surface area contributed by atoms with Gasteiger partial charge in [-0.1, -0.05) is 24.3 Å². The van der Waals surface area contributed by atoms with E-state index in [0.29, 0.717) is 25.6 Å². The average molecular weight is 420 g/mol. The molecule has 1 aliphatic heterocycles. The number of hydrogen-bond acceptors (Lipinski definition) is 5. The van der Waals surface area contributed by atoms with Gasteiger partial charge in [0.05, 0.1) is 13.2 Å². The SMILES string of the molecule is CN=C(NCCN(C)C(=O)OC(C)(C)C)NCc1ccccc1CN1CCOCC1. The molecule has 30 heavy (non-hydrogen) atoms. The van der Waals surface area contributed by atoms with Gasteiger partial charge in [0.15, 0.2) is 5.96 Å². The number of aliphatic imine (C=N–C) groups is 1. The van der Waals surface area contributed by atoms with Crippen molar-refractivity contribution in [2.45, 2.75) is 39.5 Å². The normalized spacial score (nSPS) is 15.6. The number of nitrogens with zero attached hydrogens (tertiary/aromatic N) is 3. The minimum Gasteiger partial charge on any atom is -0.444 e. The maximum atomic E-state index is 12.0. The molecule has 1 aliphatic rings. The molecule has 1 heterocycles. The third-order valence-electron chi connectivity index (χ3n) is 4.73. The molecule has 1 aromatic carbocycles. The molecule has 1 amide bonds. The van der Waals surface area contributed by atoms with E-state index in [1.165, 1.54) is 11.1 Å². The number of rotatable bonds is 7. The fourth-order valence-corrected chi connectivity index (χ4v) is 3.06. The number of amides is 1. The van der Waals surface area contributed by atoms with Crippen LogP contribution in [0.3, 0.4) is 0 Å². The number of nitrogens with one attached hydrogen (secondary N) is 2. The first-order chi connectivity index (χ1) is 14.3. The zero-order valence-electron chi connectivity index (χ0n) is 19.0. The first kappa shape index (κ1) is 24.0. The first-order valence-corrected chi connectivity index (χ1v) is 10.5. The van der Waals surface area contributed by atoms with Crippen molar-refractivity contribution in [2.24, 2.45) is 4.99 Å². The number of carbonyl (C=O) groups excluding carboxylic acids is 1. The molecule has 168 valence electrons. The van der Waals surface area contributed by atoms with Crippen molar-refractivity contribution < 1.29 is 14.3 Å². The second-order valence-electron chi connectivity index (χ2n) is 8.41. The molecule has 1 aromatic rings. The Bertz CT molecular complexity index is 696. The van der Waals surface area contributed by atoms with Gasteiger partial charge in [-0.25, -0.2) is 4.79 Å². The molecule has 0 spiro atoms. The highest BCUT2D eigenvalue weighted by Gasteiger charge is 2.19. The Morgan fingerprint density at radius 3 is 2.50 bits per heavy atom. The zero-order valence-corrected chi connectivity index (χ0v) is 19.0. The second-order valence-corrected chi connectivity index (χ2v) is 8.41. The van der Waals surface area contributed by atoms with Crippen molar-refractivity contribution in [2.75, 3.05) is 53.5 Å². The summed E-state index contributed by atoms with van der Waals surface area (Å²) in [7, 11) is 3.47. The summed E-state index contributed by atoms with van der Waals surface area (Å²) in [5.74, 6) is 0.703. The van der Waals surface area contributed by atoms with Gasteiger partial charge in [0, 0.05) is 53.4 Å². The molecule has 1 fully saturated rings. The largest absolute Gasteiger partial charge is 0.444 e. The molecule has 0 saturated carbocycles. The van der Waals surface area contributed by atoms with Crippen LogP contribution in [-0.4, -0.2) is 80.9 Å². The molecular weight excluding hydrogens is 382 g/mol. The van der Waals surface area contributed by atoms with Crippen LogP contribution in [-0.2, 0) is 22.6 Å². The van der Waals surface area contributed by atoms with E-state index in [9.17, 15) is 4.79 Å².